The molecule has 0 aliphatic carbocycles. The van der Waals surface area contributed by atoms with Gasteiger partial charge in [-0.05, 0) is 6.42 Å². The number of hydrogen-bond acceptors (Lipinski definition) is 4. The molecule has 4 nitrogen and oxygen atoms in total. The van der Waals surface area contributed by atoms with E-state index in [1.807, 2.05) is 0 Å². The second-order valence-electron chi connectivity index (χ2n) is 2.52. The van der Waals surface area contributed by atoms with Gasteiger partial charge in [0.2, 0.25) is 0 Å². The highest BCUT2D eigenvalue weighted by atomic mass is 16.6. The van der Waals surface area contributed by atoms with E-state index >= 15 is 0 Å². The van der Waals surface area contributed by atoms with E-state index in [0.29, 0.717) is 13.2 Å². The van der Waals surface area contributed by atoms with Crippen LogP contribution in [0.1, 0.15) is 26.2 Å². The highest BCUT2D eigenvalue weighted by molar-refractivity contribution is 5.71. The van der Waals surface area contributed by atoms with Crippen LogP contribution in [0.4, 0.5) is 0 Å². The maximum absolute atomic E-state index is 10.6. The van der Waals surface area contributed by atoms with Gasteiger partial charge in [-0.1, -0.05) is 13.3 Å². The van der Waals surface area contributed by atoms with Gasteiger partial charge in [-0.25, -0.2) is 0 Å². The molecule has 0 atom stereocenters. The van der Waals surface area contributed by atoms with Crippen molar-refractivity contribution in [3.63, 3.8) is 0 Å². The van der Waals surface area contributed by atoms with E-state index in [2.05, 4.69) is 11.7 Å². The van der Waals surface area contributed by atoms with Gasteiger partial charge in [0.05, 0.1) is 12.7 Å². The maximum atomic E-state index is 10.6. The van der Waals surface area contributed by atoms with Crippen molar-refractivity contribution in [3.05, 3.63) is 0 Å². The molecule has 74 valence electrons. The van der Waals surface area contributed by atoms with E-state index in [4.69, 9.17) is 10.00 Å². The minimum atomic E-state index is -0.485. The second-order valence-corrected chi connectivity index (χ2v) is 2.52. The van der Waals surface area contributed by atoms with Gasteiger partial charge in [-0.15, -0.1) is 0 Å². The van der Waals surface area contributed by atoms with Crippen molar-refractivity contribution in [1.82, 2.24) is 0 Å². The van der Waals surface area contributed by atoms with Crippen LogP contribution in [0.15, 0.2) is 0 Å². The fourth-order valence-electron chi connectivity index (χ4n) is 0.678. The van der Waals surface area contributed by atoms with Gasteiger partial charge in [0.25, 0.3) is 0 Å². The van der Waals surface area contributed by atoms with E-state index in [1.165, 1.54) is 0 Å². The Hall–Kier alpha value is -1.08. The zero-order valence-corrected chi connectivity index (χ0v) is 7.91. The first-order chi connectivity index (χ1) is 6.31. The van der Waals surface area contributed by atoms with Crippen molar-refractivity contribution in [3.8, 4) is 6.07 Å². The summed E-state index contributed by atoms with van der Waals surface area (Å²) in [6, 6.07) is 1.71. The minimum absolute atomic E-state index is 0.186. The summed E-state index contributed by atoms with van der Waals surface area (Å²) in [5.41, 5.74) is 0. The lowest BCUT2D eigenvalue weighted by atomic mass is 10.4. The molecule has 0 spiro atoms. The molecule has 0 aromatic heterocycles. The van der Waals surface area contributed by atoms with Gasteiger partial charge in [-0.3, -0.25) is 4.79 Å². The average molecular weight is 185 g/mol. The van der Waals surface area contributed by atoms with Crippen LogP contribution in [0.5, 0.6) is 0 Å². The number of nitriles is 1. The molecule has 0 saturated carbocycles. The van der Waals surface area contributed by atoms with Crippen molar-refractivity contribution in [2.75, 3.05) is 19.8 Å². The highest BCUT2D eigenvalue weighted by Crippen LogP contribution is 1.89. The molecule has 0 aliphatic rings. The van der Waals surface area contributed by atoms with E-state index in [9.17, 15) is 4.79 Å². The summed E-state index contributed by atoms with van der Waals surface area (Å²) in [6.07, 6.45) is 1.93. The molecule has 0 rings (SSSR count). The van der Waals surface area contributed by atoms with Crippen LogP contribution >= 0.6 is 0 Å². The lowest BCUT2D eigenvalue weighted by molar-refractivity contribution is -0.143. The number of hydrogen-bond donors (Lipinski definition) is 0. The van der Waals surface area contributed by atoms with Gasteiger partial charge in [0.15, 0.2) is 0 Å². The van der Waals surface area contributed by atoms with Gasteiger partial charge >= 0.3 is 5.97 Å². The van der Waals surface area contributed by atoms with Crippen molar-refractivity contribution in [1.29, 1.82) is 5.26 Å². The molecule has 0 aromatic carbocycles. The summed E-state index contributed by atoms with van der Waals surface area (Å²) in [4.78, 5) is 10.6. The molecule has 0 aromatic rings. The van der Waals surface area contributed by atoms with Gasteiger partial charge in [0.1, 0.15) is 13.0 Å². The van der Waals surface area contributed by atoms with Gasteiger partial charge in [0, 0.05) is 6.61 Å². The predicted molar refractivity (Wildman–Crippen MR) is 46.9 cm³/mol. The molecule has 0 bridgehead atoms. The third kappa shape index (κ3) is 8.83. The van der Waals surface area contributed by atoms with Crippen LogP contribution in [-0.4, -0.2) is 25.8 Å². The Labute approximate surface area is 78.4 Å². The fourth-order valence-corrected chi connectivity index (χ4v) is 0.678. The molecule has 0 saturated heterocycles. The third-order valence-corrected chi connectivity index (χ3v) is 1.36. The number of ether oxygens (including phenoxy) is 2. The zero-order valence-electron chi connectivity index (χ0n) is 7.91. The lowest BCUT2D eigenvalue weighted by Gasteiger charge is -2.03. The van der Waals surface area contributed by atoms with Crippen LogP contribution in [0.2, 0.25) is 0 Å². The Kier molecular flexibility index (Phi) is 8.26. The summed E-state index contributed by atoms with van der Waals surface area (Å²) in [5, 5.41) is 8.13. The average Bonchev–Trinajstić information content (AvgIpc) is 2.11. The van der Waals surface area contributed by atoms with Crippen LogP contribution in [0.3, 0.4) is 0 Å². The summed E-state index contributed by atoms with van der Waals surface area (Å²) in [7, 11) is 0. The Balaban J connectivity index is 3.08. The molecule has 4 heteroatoms. The molecule has 0 radical (unpaired) electrons. The first-order valence-electron chi connectivity index (χ1n) is 4.41. The first-order valence-corrected chi connectivity index (χ1v) is 4.41. The number of rotatable bonds is 7. The summed E-state index contributed by atoms with van der Waals surface area (Å²) < 4.78 is 9.82. The van der Waals surface area contributed by atoms with Crippen LogP contribution in [0, 0.1) is 11.3 Å². The quantitative estimate of drug-likeness (QED) is 0.442. The number of unbranched alkanes of at least 4 members (excludes halogenated alkanes) is 1. The van der Waals surface area contributed by atoms with Crippen LogP contribution in [0.25, 0.3) is 0 Å². The van der Waals surface area contributed by atoms with Crippen molar-refractivity contribution < 1.29 is 14.3 Å². The van der Waals surface area contributed by atoms with E-state index in [1.54, 1.807) is 6.07 Å². The van der Waals surface area contributed by atoms with Gasteiger partial charge in [-0.2, -0.15) is 5.26 Å². The predicted octanol–water partition coefficient (Wildman–Crippen LogP) is 1.26. The maximum Gasteiger partial charge on any atom is 0.320 e. The topological polar surface area (TPSA) is 59.3 Å². The molecular weight excluding hydrogens is 170 g/mol. The smallest absolute Gasteiger partial charge is 0.320 e. The second kappa shape index (κ2) is 9.01. The van der Waals surface area contributed by atoms with Crippen LogP contribution < -0.4 is 0 Å². The molecule has 0 fully saturated rings. The molecule has 0 heterocycles. The monoisotopic (exact) mass is 185 g/mol. The zero-order chi connectivity index (χ0) is 9.94. The fraction of sp³-hybridized carbons (Fsp3) is 0.778. The SMILES string of the molecule is CCCCOCCOC(=O)CC#N. The lowest BCUT2D eigenvalue weighted by Crippen LogP contribution is -2.10. The third-order valence-electron chi connectivity index (χ3n) is 1.36. The molecule has 13 heavy (non-hydrogen) atoms. The Morgan fingerprint density at radius 2 is 2.15 bits per heavy atom. The van der Waals surface area contributed by atoms with Crippen molar-refractivity contribution in [2.45, 2.75) is 26.2 Å². The molecule has 0 amide bonds. The Bertz CT molecular complexity index is 174. The van der Waals surface area contributed by atoms with E-state index in [-0.39, 0.29) is 13.0 Å². The van der Waals surface area contributed by atoms with Crippen molar-refractivity contribution >= 4 is 5.97 Å². The van der Waals surface area contributed by atoms with Crippen LogP contribution in [-0.2, 0) is 14.3 Å². The van der Waals surface area contributed by atoms with Crippen molar-refractivity contribution in [2.24, 2.45) is 0 Å². The summed E-state index contributed by atoms with van der Waals surface area (Å²) in [6.45, 7) is 3.43. The van der Waals surface area contributed by atoms with E-state index < -0.39 is 5.97 Å². The Morgan fingerprint density at radius 1 is 1.38 bits per heavy atom. The molecular formula is C9H15NO3. The molecule has 0 N–H and O–H groups in total. The highest BCUT2D eigenvalue weighted by Gasteiger charge is 1.99. The standard InChI is InChI=1S/C9H15NO3/c1-2-3-6-12-7-8-13-9(11)4-5-10/h2-4,6-8H2,1H3. The summed E-state index contributed by atoms with van der Waals surface area (Å²) in [5.74, 6) is -0.485. The minimum Gasteiger partial charge on any atom is -0.462 e. The Morgan fingerprint density at radius 3 is 2.77 bits per heavy atom. The number of carbonyl (C=O) groups is 1. The largest absolute Gasteiger partial charge is 0.462 e. The normalized spacial score (nSPS) is 9.23. The number of nitrogens with zero attached hydrogens (tertiary/aromatic N) is 1. The summed E-state index contributed by atoms with van der Waals surface area (Å²) >= 11 is 0. The molecule has 0 aliphatic heterocycles. The first kappa shape index (κ1) is 11.9. The van der Waals surface area contributed by atoms with Gasteiger partial charge < -0.3 is 9.47 Å². The molecule has 0 unspecified atom stereocenters. The number of carbonyl (C=O) groups excluding carboxylic acids is 1. The van der Waals surface area contributed by atoms with E-state index in [0.717, 1.165) is 12.8 Å². The number of esters is 1.